The summed E-state index contributed by atoms with van der Waals surface area (Å²) in [7, 11) is 0. The zero-order chi connectivity index (χ0) is 23.7. The lowest BCUT2D eigenvalue weighted by Gasteiger charge is -2.30. The van der Waals surface area contributed by atoms with Crippen molar-refractivity contribution in [1.82, 2.24) is 4.90 Å². The number of anilines is 1. The maximum Gasteiger partial charge on any atom is 0.293 e. The number of nitrogens with zero attached hydrogens (tertiary/aromatic N) is 3. The Hall–Kier alpha value is -3.69. The molecule has 2 aliphatic heterocycles. The van der Waals surface area contributed by atoms with E-state index in [0.717, 1.165) is 33.8 Å². The fourth-order valence-electron chi connectivity index (χ4n) is 4.16. The topological polar surface area (TPSA) is 93.0 Å². The average molecular weight is 476 g/mol. The van der Waals surface area contributed by atoms with Crippen LogP contribution in [0.3, 0.4) is 0 Å². The SMILES string of the molecule is O=C1S/C(=C\c2cc([N+](=O)[O-])ccc2N2CCOCC2)C(=O)N1Cc1ccc2ccccc2c1. The van der Waals surface area contributed by atoms with E-state index in [-0.39, 0.29) is 22.4 Å². The van der Waals surface area contributed by atoms with Gasteiger partial charge >= 0.3 is 0 Å². The molecule has 0 spiro atoms. The van der Waals surface area contributed by atoms with E-state index in [4.69, 9.17) is 4.74 Å². The molecule has 0 aromatic heterocycles. The summed E-state index contributed by atoms with van der Waals surface area (Å²) in [5, 5.41) is 13.1. The summed E-state index contributed by atoms with van der Waals surface area (Å²) in [6.07, 6.45) is 1.59. The molecule has 2 heterocycles. The van der Waals surface area contributed by atoms with E-state index >= 15 is 0 Å². The Labute approximate surface area is 199 Å². The molecule has 0 aliphatic carbocycles. The highest BCUT2D eigenvalue weighted by Crippen LogP contribution is 2.36. The number of rotatable bonds is 5. The van der Waals surface area contributed by atoms with Crippen molar-refractivity contribution in [2.45, 2.75) is 6.54 Å². The quantitative estimate of drug-likeness (QED) is 0.297. The van der Waals surface area contributed by atoms with Gasteiger partial charge in [0.25, 0.3) is 16.8 Å². The highest BCUT2D eigenvalue weighted by Gasteiger charge is 2.35. The summed E-state index contributed by atoms with van der Waals surface area (Å²) in [5.41, 5.74) is 2.09. The lowest BCUT2D eigenvalue weighted by Crippen LogP contribution is -2.36. The molecule has 2 amide bonds. The van der Waals surface area contributed by atoms with Crippen LogP contribution in [-0.2, 0) is 16.1 Å². The summed E-state index contributed by atoms with van der Waals surface area (Å²) >= 11 is 0.855. The van der Waals surface area contributed by atoms with Crippen molar-refractivity contribution in [3.05, 3.63) is 86.8 Å². The minimum atomic E-state index is -0.466. The molecule has 2 saturated heterocycles. The number of imide groups is 1. The molecular weight excluding hydrogens is 454 g/mol. The van der Waals surface area contributed by atoms with Crippen molar-refractivity contribution in [3.63, 3.8) is 0 Å². The van der Waals surface area contributed by atoms with Crippen molar-refractivity contribution in [2.75, 3.05) is 31.2 Å². The van der Waals surface area contributed by atoms with Gasteiger partial charge in [-0.15, -0.1) is 0 Å². The van der Waals surface area contributed by atoms with Crippen LogP contribution in [0.15, 0.2) is 65.6 Å². The smallest absolute Gasteiger partial charge is 0.293 e. The molecule has 0 radical (unpaired) electrons. The van der Waals surface area contributed by atoms with Crippen LogP contribution in [0.25, 0.3) is 16.8 Å². The molecule has 172 valence electrons. The Morgan fingerprint density at radius 3 is 2.53 bits per heavy atom. The van der Waals surface area contributed by atoms with Crippen LogP contribution < -0.4 is 4.90 Å². The number of hydrogen-bond donors (Lipinski definition) is 0. The third kappa shape index (κ3) is 4.40. The first-order valence-electron chi connectivity index (χ1n) is 10.8. The number of nitro groups is 1. The number of amides is 2. The van der Waals surface area contributed by atoms with Crippen LogP contribution >= 0.6 is 11.8 Å². The molecule has 34 heavy (non-hydrogen) atoms. The largest absolute Gasteiger partial charge is 0.378 e. The lowest BCUT2D eigenvalue weighted by atomic mass is 10.1. The Balaban J connectivity index is 1.44. The van der Waals surface area contributed by atoms with Crippen LogP contribution in [0, 0.1) is 10.1 Å². The summed E-state index contributed by atoms with van der Waals surface area (Å²) in [4.78, 5) is 40.3. The minimum absolute atomic E-state index is 0.0707. The fourth-order valence-corrected chi connectivity index (χ4v) is 4.99. The van der Waals surface area contributed by atoms with E-state index < -0.39 is 10.8 Å². The molecule has 2 aliphatic rings. The van der Waals surface area contributed by atoms with E-state index in [9.17, 15) is 19.7 Å². The maximum absolute atomic E-state index is 13.1. The van der Waals surface area contributed by atoms with Gasteiger partial charge in [-0.25, -0.2) is 0 Å². The molecule has 3 aromatic carbocycles. The number of thioether (sulfide) groups is 1. The Morgan fingerprint density at radius 2 is 1.76 bits per heavy atom. The zero-order valence-corrected chi connectivity index (χ0v) is 19.0. The number of nitro benzene ring substituents is 1. The van der Waals surface area contributed by atoms with Crippen molar-refractivity contribution in [3.8, 4) is 0 Å². The van der Waals surface area contributed by atoms with Gasteiger partial charge in [0.2, 0.25) is 0 Å². The lowest BCUT2D eigenvalue weighted by molar-refractivity contribution is -0.384. The second-order valence-electron chi connectivity index (χ2n) is 8.05. The standard InChI is InChI=1S/C25H21N3O5S/c29-24-23(15-20-14-21(28(31)32)7-8-22(20)26-9-11-33-12-10-26)34-25(30)27(24)16-17-5-6-18-3-1-2-4-19(18)13-17/h1-8,13-15H,9-12,16H2/b23-15-. The molecular formula is C25H21N3O5S. The third-order valence-corrected chi connectivity index (χ3v) is 6.80. The monoisotopic (exact) mass is 475 g/mol. The van der Waals surface area contributed by atoms with Gasteiger partial charge < -0.3 is 9.64 Å². The summed E-state index contributed by atoms with van der Waals surface area (Å²) in [5.74, 6) is -0.400. The first-order chi connectivity index (χ1) is 16.5. The second kappa shape index (κ2) is 9.28. The van der Waals surface area contributed by atoms with E-state index in [1.54, 1.807) is 12.1 Å². The number of morpholine rings is 1. The molecule has 0 bridgehead atoms. The number of fused-ring (bicyclic) bond motifs is 1. The molecule has 5 rings (SSSR count). The number of non-ortho nitro benzene ring substituents is 1. The van der Waals surface area contributed by atoms with Gasteiger partial charge in [0, 0.05) is 36.5 Å². The number of carbonyl (C=O) groups excluding carboxylic acids is 2. The van der Waals surface area contributed by atoms with Gasteiger partial charge in [0.15, 0.2) is 0 Å². The molecule has 0 saturated carbocycles. The first-order valence-corrected chi connectivity index (χ1v) is 11.7. The van der Waals surface area contributed by atoms with Crippen molar-refractivity contribution >= 4 is 51.1 Å². The van der Waals surface area contributed by atoms with E-state index in [1.807, 2.05) is 42.5 Å². The molecule has 0 atom stereocenters. The van der Waals surface area contributed by atoms with Gasteiger partial charge in [-0.1, -0.05) is 36.4 Å². The fraction of sp³-hybridized carbons (Fsp3) is 0.200. The van der Waals surface area contributed by atoms with Gasteiger partial charge in [-0.2, -0.15) is 0 Å². The molecule has 0 N–H and O–H groups in total. The van der Waals surface area contributed by atoms with Crippen LogP contribution in [0.4, 0.5) is 16.2 Å². The van der Waals surface area contributed by atoms with Crippen molar-refractivity contribution in [2.24, 2.45) is 0 Å². The normalized spacial score (nSPS) is 17.7. The summed E-state index contributed by atoms with van der Waals surface area (Å²) < 4.78 is 5.41. The zero-order valence-electron chi connectivity index (χ0n) is 18.2. The highest BCUT2D eigenvalue weighted by atomic mass is 32.2. The maximum atomic E-state index is 13.1. The molecule has 8 nitrogen and oxygen atoms in total. The van der Waals surface area contributed by atoms with Crippen LogP contribution in [0.2, 0.25) is 0 Å². The highest BCUT2D eigenvalue weighted by molar-refractivity contribution is 8.18. The van der Waals surface area contributed by atoms with E-state index in [2.05, 4.69) is 4.90 Å². The first kappa shape index (κ1) is 22.1. The number of ether oxygens (including phenoxy) is 1. The van der Waals surface area contributed by atoms with Gasteiger partial charge in [-0.05, 0) is 46.3 Å². The molecule has 3 aromatic rings. The Morgan fingerprint density at radius 1 is 1.00 bits per heavy atom. The summed E-state index contributed by atoms with van der Waals surface area (Å²) in [6.45, 7) is 2.56. The predicted octanol–water partition coefficient (Wildman–Crippen LogP) is 4.82. The second-order valence-corrected chi connectivity index (χ2v) is 9.04. The molecule has 2 fully saturated rings. The van der Waals surface area contributed by atoms with E-state index in [0.29, 0.717) is 31.9 Å². The summed E-state index contributed by atoms with van der Waals surface area (Å²) in [6, 6.07) is 18.3. The van der Waals surface area contributed by atoms with Crippen LogP contribution in [0.1, 0.15) is 11.1 Å². The Kier molecular flexibility index (Phi) is 6.04. The minimum Gasteiger partial charge on any atom is -0.378 e. The predicted molar refractivity (Wildman–Crippen MR) is 132 cm³/mol. The molecule has 0 unspecified atom stereocenters. The number of hydrogen-bond acceptors (Lipinski definition) is 7. The van der Waals surface area contributed by atoms with Crippen LogP contribution in [0.5, 0.6) is 0 Å². The van der Waals surface area contributed by atoms with Crippen molar-refractivity contribution in [1.29, 1.82) is 0 Å². The average Bonchev–Trinajstić information content (AvgIpc) is 3.11. The van der Waals surface area contributed by atoms with Gasteiger partial charge in [0.1, 0.15) is 0 Å². The third-order valence-electron chi connectivity index (χ3n) is 5.89. The molecule has 9 heteroatoms. The van der Waals surface area contributed by atoms with Gasteiger partial charge in [0.05, 0.1) is 29.6 Å². The van der Waals surface area contributed by atoms with Crippen LogP contribution in [-0.4, -0.2) is 47.3 Å². The Bertz CT molecular complexity index is 1330. The van der Waals surface area contributed by atoms with E-state index in [1.165, 1.54) is 17.0 Å². The van der Waals surface area contributed by atoms with Gasteiger partial charge in [-0.3, -0.25) is 24.6 Å². The number of carbonyl (C=O) groups is 2. The van der Waals surface area contributed by atoms with Crippen molar-refractivity contribution < 1.29 is 19.2 Å². The number of benzene rings is 3.